The van der Waals surface area contributed by atoms with E-state index in [9.17, 15) is 4.79 Å². The van der Waals surface area contributed by atoms with Crippen molar-refractivity contribution in [1.29, 1.82) is 0 Å². The highest BCUT2D eigenvalue weighted by Gasteiger charge is 2.26. The van der Waals surface area contributed by atoms with Crippen LogP contribution in [0.2, 0.25) is 0 Å². The predicted molar refractivity (Wildman–Crippen MR) is 112 cm³/mol. The minimum Gasteiger partial charge on any atom is -0.374 e. The first-order chi connectivity index (χ1) is 13.1. The summed E-state index contributed by atoms with van der Waals surface area (Å²) in [6, 6.07) is 10.9. The lowest BCUT2D eigenvalue weighted by atomic mass is 10.00. The van der Waals surface area contributed by atoms with Gasteiger partial charge in [0.05, 0.1) is 10.9 Å². The molecule has 1 amide bonds. The number of rotatable bonds is 5. The van der Waals surface area contributed by atoms with Crippen LogP contribution < -0.4 is 10.2 Å². The zero-order valence-electron chi connectivity index (χ0n) is 16.1. The zero-order valence-corrected chi connectivity index (χ0v) is 17.0. The van der Waals surface area contributed by atoms with Crippen LogP contribution in [0.1, 0.15) is 26.8 Å². The molecule has 0 aliphatic carbocycles. The Bertz CT molecular complexity index is 783. The van der Waals surface area contributed by atoms with E-state index in [2.05, 4.69) is 52.3 Å². The summed E-state index contributed by atoms with van der Waals surface area (Å²) in [5.74, 6) is 0.0324. The van der Waals surface area contributed by atoms with E-state index in [1.165, 1.54) is 28.2 Å². The Labute approximate surface area is 165 Å². The van der Waals surface area contributed by atoms with Crippen molar-refractivity contribution < 1.29 is 4.79 Å². The van der Waals surface area contributed by atoms with Gasteiger partial charge in [0.25, 0.3) is 5.91 Å². The van der Waals surface area contributed by atoms with Gasteiger partial charge in [-0.3, -0.25) is 9.69 Å². The Kier molecular flexibility index (Phi) is 5.48. The summed E-state index contributed by atoms with van der Waals surface area (Å²) >= 11 is 1.49. The van der Waals surface area contributed by atoms with Crippen LogP contribution in [0.25, 0.3) is 0 Å². The molecule has 1 aromatic heterocycles. The predicted octanol–water partition coefficient (Wildman–Crippen LogP) is 2.46. The van der Waals surface area contributed by atoms with Crippen molar-refractivity contribution in [2.75, 3.05) is 58.3 Å². The molecule has 0 spiro atoms. The van der Waals surface area contributed by atoms with Gasteiger partial charge in [-0.2, -0.15) is 0 Å². The standard InChI is InChI=1S/C21H28N4OS/c1-23-9-11-25(12-10-23)19(15-22-21(26)20-4-3-13-27-20)16-5-6-18-17(14-16)7-8-24(18)2/h3-6,13-14,19H,7-12,15H2,1-2H3,(H,22,26)/t19-/m1/s1. The molecule has 0 unspecified atom stereocenters. The van der Waals surface area contributed by atoms with E-state index in [4.69, 9.17) is 0 Å². The van der Waals surface area contributed by atoms with Gasteiger partial charge in [0.15, 0.2) is 0 Å². The van der Waals surface area contributed by atoms with Gasteiger partial charge in [-0.05, 0) is 42.1 Å². The van der Waals surface area contributed by atoms with Crippen LogP contribution in [0.5, 0.6) is 0 Å². The molecule has 2 aliphatic heterocycles. The van der Waals surface area contributed by atoms with Crippen LogP contribution in [-0.4, -0.2) is 69.1 Å². The first-order valence-electron chi connectivity index (χ1n) is 9.70. The number of nitrogens with one attached hydrogen (secondary N) is 1. The highest BCUT2D eigenvalue weighted by atomic mass is 32.1. The molecule has 3 heterocycles. The second-order valence-electron chi connectivity index (χ2n) is 7.60. The van der Waals surface area contributed by atoms with E-state index >= 15 is 0 Å². The summed E-state index contributed by atoms with van der Waals surface area (Å²) < 4.78 is 0. The van der Waals surface area contributed by atoms with Crippen molar-refractivity contribution in [1.82, 2.24) is 15.1 Å². The molecule has 1 fully saturated rings. The Morgan fingerprint density at radius 2 is 1.96 bits per heavy atom. The molecule has 2 aromatic rings. The van der Waals surface area contributed by atoms with Gasteiger partial charge in [-0.15, -0.1) is 11.3 Å². The van der Waals surface area contributed by atoms with Crippen LogP contribution in [0.15, 0.2) is 35.7 Å². The quantitative estimate of drug-likeness (QED) is 0.860. The Balaban J connectivity index is 1.53. The topological polar surface area (TPSA) is 38.8 Å². The molecule has 1 N–H and O–H groups in total. The van der Waals surface area contributed by atoms with Crippen LogP contribution in [-0.2, 0) is 6.42 Å². The number of fused-ring (bicyclic) bond motifs is 1. The molecular weight excluding hydrogens is 356 g/mol. The molecule has 144 valence electrons. The fraction of sp³-hybridized carbons (Fsp3) is 0.476. The van der Waals surface area contributed by atoms with Gasteiger partial charge >= 0.3 is 0 Å². The number of hydrogen-bond donors (Lipinski definition) is 1. The maximum atomic E-state index is 12.5. The van der Waals surface area contributed by atoms with Gasteiger partial charge < -0.3 is 15.1 Å². The number of carbonyl (C=O) groups excluding carboxylic acids is 1. The number of carbonyl (C=O) groups is 1. The second kappa shape index (κ2) is 8.00. The van der Waals surface area contributed by atoms with E-state index in [0.29, 0.717) is 6.54 Å². The van der Waals surface area contributed by atoms with Crippen molar-refractivity contribution in [3.63, 3.8) is 0 Å². The summed E-state index contributed by atoms with van der Waals surface area (Å²) in [7, 11) is 4.33. The van der Waals surface area contributed by atoms with Gasteiger partial charge in [0.1, 0.15) is 0 Å². The Hall–Kier alpha value is -1.89. The van der Waals surface area contributed by atoms with Crippen molar-refractivity contribution in [3.05, 3.63) is 51.7 Å². The maximum Gasteiger partial charge on any atom is 0.261 e. The van der Waals surface area contributed by atoms with Gasteiger partial charge in [0.2, 0.25) is 0 Å². The Morgan fingerprint density at radius 3 is 2.70 bits per heavy atom. The van der Waals surface area contributed by atoms with Crippen molar-refractivity contribution >= 4 is 22.9 Å². The van der Waals surface area contributed by atoms with Gasteiger partial charge in [-0.1, -0.05) is 18.2 Å². The summed E-state index contributed by atoms with van der Waals surface area (Å²) in [4.78, 5) is 20.5. The third-order valence-electron chi connectivity index (χ3n) is 5.80. The number of thiophene rings is 1. The lowest BCUT2D eigenvalue weighted by Crippen LogP contribution is -2.48. The smallest absolute Gasteiger partial charge is 0.261 e. The molecule has 4 rings (SSSR count). The summed E-state index contributed by atoms with van der Waals surface area (Å²) in [6.07, 6.45) is 1.11. The van der Waals surface area contributed by atoms with Gasteiger partial charge in [0, 0.05) is 52.0 Å². The fourth-order valence-electron chi connectivity index (χ4n) is 4.07. The molecule has 0 radical (unpaired) electrons. The highest BCUT2D eigenvalue weighted by Crippen LogP contribution is 2.31. The zero-order chi connectivity index (χ0) is 18.8. The number of nitrogens with zero attached hydrogens (tertiary/aromatic N) is 3. The Morgan fingerprint density at radius 1 is 1.15 bits per heavy atom. The van der Waals surface area contributed by atoms with Crippen molar-refractivity contribution in [2.45, 2.75) is 12.5 Å². The number of hydrogen-bond acceptors (Lipinski definition) is 5. The molecule has 6 heteroatoms. The van der Waals surface area contributed by atoms with Crippen LogP contribution in [0.4, 0.5) is 5.69 Å². The number of likely N-dealkylation sites (N-methyl/N-ethyl adjacent to an activating group) is 2. The van der Waals surface area contributed by atoms with Crippen LogP contribution >= 0.6 is 11.3 Å². The SMILES string of the molecule is CN1CCN([C@H](CNC(=O)c2cccs2)c2ccc3c(c2)CCN3C)CC1. The molecule has 0 bridgehead atoms. The number of amides is 1. The van der Waals surface area contributed by atoms with Crippen molar-refractivity contribution in [3.8, 4) is 0 Å². The third-order valence-corrected chi connectivity index (χ3v) is 6.66. The lowest BCUT2D eigenvalue weighted by molar-refractivity contribution is 0.0889. The minimum absolute atomic E-state index is 0.0324. The summed E-state index contributed by atoms with van der Waals surface area (Å²) in [5, 5.41) is 5.12. The molecule has 1 saturated heterocycles. The van der Waals surface area contributed by atoms with E-state index < -0.39 is 0 Å². The first-order valence-corrected chi connectivity index (χ1v) is 10.6. The summed E-state index contributed by atoms with van der Waals surface area (Å²) in [5.41, 5.74) is 4.09. The van der Waals surface area contributed by atoms with E-state index in [-0.39, 0.29) is 11.9 Å². The normalized spacial score (nSPS) is 19.1. The molecule has 1 atom stereocenters. The third kappa shape index (κ3) is 4.03. The molecule has 2 aliphatic rings. The molecule has 27 heavy (non-hydrogen) atoms. The average molecular weight is 385 g/mol. The molecular formula is C21H28N4OS. The van der Waals surface area contributed by atoms with E-state index in [1.807, 2.05) is 17.5 Å². The second-order valence-corrected chi connectivity index (χ2v) is 8.55. The van der Waals surface area contributed by atoms with Crippen LogP contribution in [0, 0.1) is 0 Å². The molecule has 1 aromatic carbocycles. The minimum atomic E-state index is 0.0324. The fourth-order valence-corrected chi connectivity index (χ4v) is 4.71. The average Bonchev–Trinajstić information content (AvgIpc) is 3.34. The lowest BCUT2D eigenvalue weighted by Gasteiger charge is -2.38. The van der Waals surface area contributed by atoms with E-state index in [0.717, 1.165) is 44.0 Å². The maximum absolute atomic E-state index is 12.5. The van der Waals surface area contributed by atoms with Crippen molar-refractivity contribution in [2.24, 2.45) is 0 Å². The summed E-state index contributed by atoms with van der Waals surface area (Å²) in [6.45, 7) is 5.95. The molecule has 5 nitrogen and oxygen atoms in total. The van der Waals surface area contributed by atoms with Crippen LogP contribution in [0.3, 0.4) is 0 Å². The number of benzene rings is 1. The highest BCUT2D eigenvalue weighted by molar-refractivity contribution is 7.12. The largest absolute Gasteiger partial charge is 0.374 e. The number of anilines is 1. The molecule has 0 saturated carbocycles. The monoisotopic (exact) mass is 384 g/mol. The van der Waals surface area contributed by atoms with Gasteiger partial charge in [-0.25, -0.2) is 0 Å². The van der Waals surface area contributed by atoms with E-state index in [1.54, 1.807) is 0 Å². The number of piperazine rings is 1. The first kappa shape index (κ1) is 18.5.